The molecule has 2 amide bonds. The number of urea groups is 1. The Morgan fingerprint density at radius 1 is 1.39 bits per heavy atom. The predicted octanol–water partition coefficient (Wildman–Crippen LogP) is 1.43. The van der Waals surface area contributed by atoms with Crippen LogP contribution in [0.2, 0.25) is 0 Å². The highest BCUT2D eigenvalue weighted by molar-refractivity contribution is 5.74. The molecule has 0 spiro atoms. The molecule has 0 aliphatic carbocycles. The van der Waals surface area contributed by atoms with Crippen LogP contribution in [-0.2, 0) is 11.3 Å². The summed E-state index contributed by atoms with van der Waals surface area (Å²) >= 11 is 0. The molecule has 6 heteroatoms. The first-order valence-corrected chi connectivity index (χ1v) is 8.45. The van der Waals surface area contributed by atoms with Crippen molar-refractivity contribution in [3.63, 3.8) is 0 Å². The van der Waals surface area contributed by atoms with E-state index in [4.69, 9.17) is 4.74 Å². The number of amides is 2. The molecule has 0 aromatic carbocycles. The van der Waals surface area contributed by atoms with Crippen LogP contribution in [0, 0.1) is 0 Å². The molecule has 1 aromatic rings. The number of morpholine rings is 1. The Kier molecular flexibility index (Phi) is 5.46. The minimum Gasteiger partial charge on any atom is -0.378 e. The molecule has 3 heterocycles. The topological polar surface area (TPSA) is 48.9 Å². The molecular weight excluding hydrogens is 292 g/mol. The summed E-state index contributed by atoms with van der Waals surface area (Å²) in [6.45, 7) is 5.63. The maximum absolute atomic E-state index is 12.6. The average molecular weight is 318 g/mol. The molecule has 2 saturated heterocycles. The van der Waals surface area contributed by atoms with Crippen LogP contribution < -0.4 is 0 Å². The molecule has 2 fully saturated rings. The van der Waals surface area contributed by atoms with Crippen molar-refractivity contribution in [2.24, 2.45) is 0 Å². The molecular formula is C17H26N4O2. The van der Waals surface area contributed by atoms with Gasteiger partial charge in [0.1, 0.15) is 0 Å². The number of likely N-dealkylation sites (tertiary alicyclic amines) is 1. The van der Waals surface area contributed by atoms with Gasteiger partial charge in [-0.25, -0.2) is 4.79 Å². The summed E-state index contributed by atoms with van der Waals surface area (Å²) in [4.78, 5) is 23.1. The van der Waals surface area contributed by atoms with Crippen LogP contribution in [0.1, 0.15) is 18.4 Å². The number of nitrogens with zero attached hydrogens (tertiary/aromatic N) is 4. The third-order valence-electron chi connectivity index (χ3n) is 4.74. The van der Waals surface area contributed by atoms with E-state index in [0.29, 0.717) is 26.3 Å². The fourth-order valence-electron chi connectivity index (χ4n) is 3.37. The Labute approximate surface area is 138 Å². The van der Waals surface area contributed by atoms with Gasteiger partial charge in [0.2, 0.25) is 0 Å². The lowest BCUT2D eigenvalue weighted by Gasteiger charge is -2.40. The third kappa shape index (κ3) is 4.20. The first-order valence-electron chi connectivity index (χ1n) is 8.45. The lowest BCUT2D eigenvalue weighted by Crippen LogP contribution is -2.54. The van der Waals surface area contributed by atoms with Crippen molar-refractivity contribution >= 4 is 6.03 Å². The number of hydrogen-bond donors (Lipinski definition) is 0. The van der Waals surface area contributed by atoms with E-state index in [-0.39, 0.29) is 12.1 Å². The summed E-state index contributed by atoms with van der Waals surface area (Å²) in [7, 11) is 1.94. The number of rotatable bonds is 3. The second-order valence-corrected chi connectivity index (χ2v) is 6.39. The Bertz CT molecular complexity index is 505. The van der Waals surface area contributed by atoms with E-state index in [1.165, 1.54) is 5.56 Å². The Balaban J connectivity index is 1.55. The molecule has 126 valence electrons. The predicted molar refractivity (Wildman–Crippen MR) is 88.1 cm³/mol. The van der Waals surface area contributed by atoms with E-state index in [1.54, 1.807) is 6.20 Å². The van der Waals surface area contributed by atoms with Crippen LogP contribution in [0.15, 0.2) is 24.5 Å². The third-order valence-corrected chi connectivity index (χ3v) is 4.74. The summed E-state index contributed by atoms with van der Waals surface area (Å²) < 4.78 is 5.33. The van der Waals surface area contributed by atoms with Gasteiger partial charge in [0.05, 0.1) is 13.2 Å². The highest BCUT2D eigenvalue weighted by atomic mass is 16.5. The van der Waals surface area contributed by atoms with E-state index >= 15 is 0 Å². The van der Waals surface area contributed by atoms with Gasteiger partial charge in [0.25, 0.3) is 0 Å². The van der Waals surface area contributed by atoms with Gasteiger partial charge in [-0.15, -0.1) is 0 Å². The second-order valence-electron chi connectivity index (χ2n) is 6.39. The zero-order valence-corrected chi connectivity index (χ0v) is 13.9. The van der Waals surface area contributed by atoms with E-state index in [1.807, 2.05) is 29.1 Å². The molecule has 0 radical (unpaired) electrons. The van der Waals surface area contributed by atoms with Gasteiger partial charge in [0, 0.05) is 51.7 Å². The second kappa shape index (κ2) is 7.75. The fourth-order valence-corrected chi connectivity index (χ4v) is 3.37. The average Bonchev–Trinajstić information content (AvgIpc) is 2.62. The van der Waals surface area contributed by atoms with E-state index < -0.39 is 0 Å². The number of hydrogen-bond acceptors (Lipinski definition) is 4. The minimum absolute atomic E-state index is 0.140. The van der Waals surface area contributed by atoms with Crippen molar-refractivity contribution in [2.45, 2.75) is 25.4 Å². The molecule has 6 nitrogen and oxygen atoms in total. The molecule has 2 aliphatic heterocycles. The summed E-state index contributed by atoms with van der Waals surface area (Å²) in [5, 5.41) is 0. The zero-order valence-electron chi connectivity index (χ0n) is 13.9. The van der Waals surface area contributed by atoms with Crippen molar-refractivity contribution in [1.82, 2.24) is 19.7 Å². The van der Waals surface area contributed by atoms with Crippen molar-refractivity contribution < 1.29 is 9.53 Å². The van der Waals surface area contributed by atoms with Gasteiger partial charge in [-0.3, -0.25) is 9.88 Å². The standard InChI is InChI=1S/C17H26N4O2/c1-19(17(22)21-8-10-23-11-9-21)16-5-3-7-20(14-16)13-15-4-2-6-18-12-15/h2,4,6,12,16H,3,5,7-11,13-14H2,1H3. The zero-order chi connectivity index (χ0) is 16.1. The smallest absolute Gasteiger partial charge is 0.320 e. The lowest BCUT2D eigenvalue weighted by molar-refractivity contribution is 0.0365. The number of carbonyl (C=O) groups is 1. The number of pyridine rings is 1. The normalized spacial score (nSPS) is 22.8. The quantitative estimate of drug-likeness (QED) is 0.846. The van der Waals surface area contributed by atoms with Crippen molar-refractivity contribution in [1.29, 1.82) is 0 Å². The first kappa shape index (κ1) is 16.2. The summed E-state index contributed by atoms with van der Waals surface area (Å²) in [6, 6.07) is 4.52. The Hall–Kier alpha value is -1.66. The number of aromatic nitrogens is 1. The van der Waals surface area contributed by atoms with E-state index in [2.05, 4.69) is 16.0 Å². The molecule has 1 unspecified atom stereocenters. The molecule has 23 heavy (non-hydrogen) atoms. The Morgan fingerprint density at radius 3 is 2.96 bits per heavy atom. The monoisotopic (exact) mass is 318 g/mol. The number of likely N-dealkylation sites (N-methyl/N-ethyl adjacent to an activating group) is 1. The fraction of sp³-hybridized carbons (Fsp3) is 0.647. The first-order chi connectivity index (χ1) is 11.2. The van der Waals surface area contributed by atoms with E-state index in [0.717, 1.165) is 32.5 Å². The van der Waals surface area contributed by atoms with Crippen LogP contribution in [0.3, 0.4) is 0 Å². The highest BCUT2D eigenvalue weighted by Gasteiger charge is 2.29. The van der Waals surface area contributed by atoms with Crippen LogP contribution in [0.25, 0.3) is 0 Å². The molecule has 0 bridgehead atoms. The van der Waals surface area contributed by atoms with Gasteiger partial charge in [0.15, 0.2) is 0 Å². The molecule has 1 atom stereocenters. The summed E-state index contributed by atoms with van der Waals surface area (Å²) in [6.07, 6.45) is 5.94. The molecule has 2 aliphatic rings. The van der Waals surface area contributed by atoms with Gasteiger partial charge in [-0.2, -0.15) is 0 Å². The maximum Gasteiger partial charge on any atom is 0.320 e. The van der Waals surface area contributed by atoms with E-state index in [9.17, 15) is 4.79 Å². The molecule has 3 rings (SSSR count). The number of carbonyl (C=O) groups excluding carboxylic acids is 1. The Morgan fingerprint density at radius 2 is 2.22 bits per heavy atom. The summed E-state index contributed by atoms with van der Waals surface area (Å²) in [5.41, 5.74) is 1.23. The van der Waals surface area contributed by atoms with Crippen molar-refractivity contribution in [3.05, 3.63) is 30.1 Å². The minimum atomic E-state index is 0.140. The highest BCUT2D eigenvalue weighted by Crippen LogP contribution is 2.18. The van der Waals surface area contributed by atoms with Crippen molar-refractivity contribution in [3.8, 4) is 0 Å². The molecule has 0 N–H and O–H groups in total. The van der Waals surface area contributed by atoms with Crippen LogP contribution >= 0.6 is 0 Å². The van der Waals surface area contributed by atoms with Gasteiger partial charge >= 0.3 is 6.03 Å². The molecule has 1 aromatic heterocycles. The van der Waals surface area contributed by atoms with Crippen molar-refractivity contribution in [2.75, 3.05) is 46.4 Å². The largest absolute Gasteiger partial charge is 0.378 e. The summed E-state index contributed by atoms with van der Waals surface area (Å²) in [5.74, 6) is 0. The van der Waals surface area contributed by atoms with Crippen LogP contribution in [0.4, 0.5) is 4.79 Å². The van der Waals surface area contributed by atoms with Crippen LogP contribution in [0.5, 0.6) is 0 Å². The number of piperidine rings is 1. The molecule has 0 saturated carbocycles. The van der Waals surface area contributed by atoms with Gasteiger partial charge in [-0.05, 0) is 31.0 Å². The van der Waals surface area contributed by atoms with Gasteiger partial charge < -0.3 is 14.5 Å². The maximum atomic E-state index is 12.6. The number of ether oxygens (including phenoxy) is 1. The van der Waals surface area contributed by atoms with Crippen LogP contribution in [-0.4, -0.2) is 78.2 Å². The SMILES string of the molecule is CN(C(=O)N1CCOCC1)C1CCCN(Cc2cccnc2)C1. The lowest BCUT2D eigenvalue weighted by atomic mass is 10.0. The van der Waals surface area contributed by atoms with Gasteiger partial charge in [-0.1, -0.05) is 6.07 Å².